The number of nitrogens with zero attached hydrogens (tertiary/aromatic N) is 3. The standard InChI is InChI=1S/C12H14N4O2/c1-8-10(4-3-5-13)12(17)16-11(14-8)6-9(15-16)7-18-2/h6,15H,3-4,7H2,1-2H3. The highest BCUT2D eigenvalue weighted by Gasteiger charge is 2.11. The number of nitriles is 1. The van der Waals surface area contributed by atoms with E-state index in [1.165, 1.54) is 4.52 Å². The highest BCUT2D eigenvalue weighted by molar-refractivity contribution is 5.41. The van der Waals surface area contributed by atoms with E-state index >= 15 is 0 Å². The minimum absolute atomic E-state index is 0.143. The lowest BCUT2D eigenvalue weighted by atomic mass is 10.1. The van der Waals surface area contributed by atoms with E-state index in [1.54, 1.807) is 20.1 Å². The monoisotopic (exact) mass is 246 g/mol. The van der Waals surface area contributed by atoms with Crippen LogP contribution in [0.15, 0.2) is 10.9 Å². The zero-order valence-electron chi connectivity index (χ0n) is 10.4. The first-order chi connectivity index (χ1) is 8.67. The second-order valence-electron chi connectivity index (χ2n) is 4.05. The van der Waals surface area contributed by atoms with E-state index in [2.05, 4.69) is 10.1 Å². The van der Waals surface area contributed by atoms with Crippen molar-refractivity contribution in [3.05, 3.63) is 33.4 Å². The fourth-order valence-corrected chi connectivity index (χ4v) is 1.92. The molecule has 0 radical (unpaired) electrons. The summed E-state index contributed by atoms with van der Waals surface area (Å²) in [5.41, 5.74) is 2.48. The first-order valence-corrected chi connectivity index (χ1v) is 5.63. The van der Waals surface area contributed by atoms with Gasteiger partial charge >= 0.3 is 0 Å². The minimum Gasteiger partial charge on any atom is -0.378 e. The maximum absolute atomic E-state index is 12.2. The maximum Gasteiger partial charge on any atom is 0.276 e. The summed E-state index contributed by atoms with van der Waals surface area (Å²) in [7, 11) is 1.59. The molecule has 0 saturated carbocycles. The molecule has 0 aromatic carbocycles. The molecular weight excluding hydrogens is 232 g/mol. The summed E-state index contributed by atoms with van der Waals surface area (Å²) in [5.74, 6) is 0. The average molecular weight is 246 g/mol. The second-order valence-corrected chi connectivity index (χ2v) is 4.05. The molecule has 2 aromatic rings. The van der Waals surface area contributed by atoms with Gasteiger partial charge in [-0.05, 0) is 13.3 Å². The predicted octanol–water partition coefficient (Wildman–Crippen LogP) is 0.934. The molecule has 0 fully saturated rings. The second kappa shape index (κ2) is 5.02. The summed E-state index contributed by atoms with van der Waals surface area (Å²) in [4.78, 5) is 16.6. The number of H-pyrrole nitrogens is 1. The Kier molecular flexibility index (Phi) is 3.44. The van der Waals surface area contributed by atoms with Crippen molar-refractivity contribution in [2.24, 2.45) is 0 Å². The summed E-state index contributed by atoms with van der Waals surface area (Å²) >= 11 is 0. The van der Waals surface area contributed by atoms with Crippen LogP contribution in [0.25, 0.3) is 5.65 Å². The molecule has 0 unspecified atom stereocenters. The van der Waals surface area contributed by atoms with Crippen LogP contribution in [0.1, 0.15) is 23.4 Å². The van der Waals surface area contributed by atoms with E-state index < -0.39 is 0 Å². The van der Waals surface area contributed by atoms with E-state index in [1.807, 2.05) is 6.07 Å². The first-order valence-electron chi connectivity index (χ1n) is 5.63. The molecule has 94 valence electrons. The summed E-state index contributed by atoms with van der Waals surface area (Å²) < 4.78 is 6.40. The number of hydrogen-bond acceptors (Lipinski definition) is 4. The Morgan fingerprint density at radius 2 is 2.39 bits per heavy atom. The van der Waals surface area contributed by atoms with E-state index in [-0.39, 0.29) is 5.56 Å². The molecule has 0 saturated heterocycles. The Bertz CT molecular complexity index is 663. The fraction of sp³-hybridized carbons (Fsp3) is 0.417. The van der Waals surface area contributed by atoms with Crippen molar-refractivity contribution in [1.82, 2.24) is 14.6 Å². The number of fused-ring (bicyclic) bond motifs is 1. The number of ether oxygens (including phenoxy) is 1. The van der Waals surface area contributed by atoms with Gasteiger partial charge in [0.25, 0.3) is 5.56 Å². The number of nitrogens with one attached hydrogen (secondary N) is 1. The van der Waals surface area contributed by atoms with Crippen molar-refractivity contribution in [1.29, 1.82) is 5.26 Å². The van der Waals surface area contributed by atoms with Crippen molar-refractivity contribution in [2.45, 2.75) is 26.4 Å². The lowest BCUT2D eigenvalue weighted by Crippen LogP contribution is -2.21. The van der Waals surface area contributed by atoms with Crippen LogP contribution in [0, 0.1) is 18.3 Å². The number of hydrogen-bond donors (Lipinski definition) is 1. The summed E-state index contributed by atoms with van der Waals surface area (Å²) in [6.45, 7) is 2.19. The summed E-state index contributed by atoms with van der Waals surface area (Å²) in [5, 5.41) is 11.5. The molecule has 2 heterocycles. The van der Waals surface area contributed by atoms with Crippen LogP contribution in [-0.4, -0.2) is 21.7 Å². The van der Waals surface area contributed by atoms with E-state index in [0.717, 1.165) is 5.69 Å². The van der Waals surface area contributed by atoms with E-state index in [4.69, 9.17) is 10.00 Å². The number of aryl methyl sites for hydroxylation is 1. The van der Waals surface area contributed by atoms with Gasteiger partial charge in [0.1, 0.15) is 0 Å². The fourth-order valence-electron chi connectivity index (χ4n) is 1.92. The average Bonchev–Trinajstić information content (AvgIpc) is 2.72. The SMILES string of the molecule is COCc1cc2nc(C)c(CCC#N)c(=O)n2[nH]1. The molecule has 2 aromatic heterocycles. The number of methoxy groups -OCH3 is 1. The Morgan fingerprint density at radius 3 is 3.06 bits per heavy atom. The van der Waals surface area contributed by atoms with Gasteiger partial charge in [0.15, 0.2) is 5.65 Å². The predicted molar refractivity (Wildman–Crippen MR) is 65.2 cm³/mol. The Balaban J connectivity index is 2.55. The van der Waals surface area contributed by atoms with E-state index in [9.17, 15) is 4.79 Å². The minimum atomic E-state index is -0.143. The molecule has 0 spiro atoms. The zero-order chi connectivity index (χ0) is 13.1. The Morgan fingerprint density at radius 1 is 1.61 bits per heavy atom. The molecule has 0 atom stereocenters. The van der Waals surface area contributed by atoms with Crippen LogP contribution >= 0.6 is 0 Å². The summed E-state index contributed by atoms with van der Waals surface area (Å²) in [6, 6.07) is 3.82. The van der Waals surface area contributed by atoms with Gasteiger partial charge in [0, 0.05) is 30.9 Å². The number of aromatic amines is 1. The van der Waals surface area contributed by atoms with Gasteiger partial charge in [-0.3, -0.25) is 9.89 Å². The Hall–Kier alpha value is -2.13. The highest BCUT2D eigenvalue weighted by atomic mass is 16.5. The first kappa shape index (κ1) is 12.3. The number of aromatic nitrogens is 3. The van der Waals surface area contributed by atoms with Crippen molar-refractivity contribution < 1.29 is 4.74 Å². The number of rotatable bonds is 4. The largest absolute Gasteiger partial charge is 0.378 e. The molecule has 0 amide bonds. The van der Waals surface area contributed by atoms with Crippen molar-refractivity contribution in [3.63, 3.8) is 0 Å². The van der Waals surface area contributed by atoms with Gasteiger partial charge in [-0.25, -0.2) is 9.50 Å². The van der Waals surface area contributed by atoms with Crippen molar-refractivity contribution in [3.8, 4) is 6.07 Å². The Labute approximate surface area is 104 Å². The van der Waals surface area contributed by atoms with Crippen LogP contribution in [0.2, 0.25) is 0 Å². The third-order valence-corrected chi connectivity index (χ3v) is 2.75. The van der Waals surface area contributed by atoms with Gasteiger partial charge in [0.05, 0.1) is 18.4 Å². The molecule has 6 heteroatoms. The third kappa shape index (κ3) is 2.13. The molecule has 0 aliphatic rings. The quantitative estimate of drug-likeness (QED) is 0.870. The summed E-state index contributed by atoms with van der Waals surface area (Å²) in [6.07, 6.45) is 0.741. The zero-order valence-corrected chi connectivity index (χ0v) is 10.4. The van der Waals surface area contributed by atoms with Gasteiger partial charge in [0.2, 0.25) is 0 Å². The molecule has 0 bridgehead atoms. The van der Waals surface area contributed by atoms with E-state index in [0.29, 0.717) is 36.4 Å². The van der Waals surface area contributed by atoms with Crippen molar-refractivity contribution in [2.75, 3.05) is 7.11 Å². The van der Waals surface area contributed by atoms with Gasteiger partial charge in [-0.2, -0.15) is 5.26 Å². The molecule has 0 aliphatic heterocycles. The third-order valence-electron chi connectivity index (χ3n) is 2.75. The normalized spacial score (nSPS) is 10.7. The molecule has 2 rings (SSSR count). The van der Waals surface area contributed by atoms with Gasteiger partial charge in [-0.15, -0.1) is 0 Å². The molecule has 6 nitrogen and oxygen atoms in total. The lowest BCUT2D eigenvalue weighted by Gasteiger charge is -2.02. The maximum atomic E-state index is 12.2. The smallest absolute Gasteiger partial charge is 0.276 e. The molecule has 18 heavy (non-hydrogen) atoms. The topological polar surface area (TPSA) is 83.2 Å². The van der Waals surface area contributed by atoms with Crippen LogP contribution in [0.5, 0.6) is 0 Å². The van der Waals surface area contributed by atoms with Crippen LogP contribution < -0.4 is 5.56 Å². The van der Waals surface area contributed by atoms with Crippen LogP contribution in [0.3, 0.4) is 0 Å². The lowest BCUT2D eigenvalue weighted by molar-refractivity contribution is 0.181. The molecule has 0 aliphatic carbocycles. The van der Waals surface area contributed by atoms with Crippen LogP contribution in [0.4, 0.5) is 0 Å². The highest BCUT2D eigenvalue weighted by Crippen LogP contribution is 2.08. The molecule has 1 N–H and O–H groups in total. The van der Waals surface area contributed by atoms with Crippen LogP contribution in [-0.2, 0) is 17.8 Å². The van der Waals surface area contributed by atoms with Crippen molar-refractivity contribution >= 4 is 5.65 Å². The van der Waals surface area contributed by atoms with Gasteiger partial charge in [-0.1, -0.05) is 0 Å². The molecular formula is C12H14N4O2. The van der Waals surface area contributed by atoms with Gasteiger partial charge < -0.3 is 4.74 Å².